The lowest BCUT2D eigenvalue weighted by atomic mass is 9.75. The largest absolute Gasteiger partial charge is 0.486 e. The van der Waals surface area contributed by atoms with Gasteiger partial charge in [-0.05, 0) is 12.5 Å². The summed E-state index contributed by atoms with van der Waals surface area (Å²) in [4.78, 5) is 15.0. The molecular weight excluding hydrogens is 322 g/mol. The van der Waals surface area contributed by atoms with Crippen LogP contribution >= 0.6 is 0 Å². The molecule has 0 aromatic rings. The van der Waals surface area contributed by atoms with E-state index in [2.05, 4.69) is 44.6 Å². The molecule has 0 amide bonds. The number of hydrogen-bond donors (Lipinski definition) is 0. The van der Waals surface area contributed by atoms with Gasteiger partial charge in [-0.1, -0.05) is 69.5 Å². The van der Waals surface area contributed by atoms with E-state index in [1.54, 1.807) is 18.2 Å². The SMILES string of the molecule is C=C/C=C\C=C(/CC)CN1CCC2(CC(=O)/C(=C/C=C)C(=C)O2)C(C)C1. The second-order valence-corrected chi connectivity index (χ2v) is 7.19. The van der Waals surface area contributed by atoms with E-state index in [9.17, 15) is 4.79 Å². The Morgan fingerprint density at radius 3 is 2.69 bits per heavy atom. The third-order valence-electron chi connectivity index (χ3n) is 5.41. The van der Waals surface area contributed by atoms with E-state index in [1.165, 1.54) is 5.57 Å². The summed E-state index contributed by atoms with van der Waals surface area (Å²) in [5.74, 6) is 0.874. The fourth-order valence-electron chi connectivity index (χ4n) is 3.80. The zero-order valence-electron chi connectivity index (χ0n) is 16.2. The van der Waals surface area contributed by atoms with Gasteiger partial charge >= 0.3 is 0 Å². The third kappa shape index (κ3) is 4.53. The van der Waals surface area contributed by atoms with E-state index in [4.69, 9.17) is 4.74 Å². The minimum atomic E-state index is -0.415. The van der Waals surface area contributed by atoms with Crippen molar-refractivity contribution in [3.05, 3.63) is 73.1 Å². The number of carbonyl (C=O) groups is 1. The third-order valence-corrected chi connectivity index (χ3v) is 5.41. The van der Waals surface area contributed by atoms with Gasteiger partial charge in [0, 0.05) is 32.0 Å². The maximum absolute atomic E-state index is 12.6. The fraction of sp³-hybridized carbons (Fsp3) is 0.435. The van der Waals surface area contributed by atoms with E-state index < -0.39 is 5.60 Å². The van der Waals surface area contributed by atoms with Gasteiger partial charge in [-0.3, -0.25) is 9.69 Å². The van der Waals surface area contributed by atoms with Crippen molar-refractivity contribution < 1.29 is 9.53 Å². The maximum atomic E-state index is 12.6. The summed E-state index contributed by atoms with van der Waals surface area (Å²) in [6, 6.07) is 0. The van der Waals surface area contributed by atoms with Gasteiger partial charge in [0.05, 0.1) is 12.0 Å². The van der Waals surface area contributed by atoms with Crippen molar-refractivity contribution in [2.75, 3.05) is 19.6 Å². The summed E-state index contributed by atoms with van der Waals surface area (Å²) in [6.07, 6.45) is 13.6. The van der Waals surface area contributed by atoms with Gasteiger partial charge in [-0.15, -0.1) is 0 Å². The summed E-state index contributed by atoms with van der Waals surface area (Å²) in [7, 11) is 0. The van der Waals surface area contributed by atoms with E-state index >= 15 is 0 Å². The summed E-state index contributed by atoms with van der Waals surface area (Å²) >= 11 is 0. The molecule has 26 heavy (non-hydrogen) atoms. The highest BCUT2D eigenvalue weighted by molar-refractivity contribution is 6.00. The van der Waals surface area contributed by atoms with Gasteiger partial charge in [-0.2, -0.15) is 0 Å². The molecule has 2 saturated heterocycles. The molecule has 0 aromatic heterocycles. The van der Waals surface area contributed by atoms with Crippen LogP contribution < -0.4 is 0 Å². The number of ether oxygens (including phenoxy) is 1. The molecule has 3 nitrogen and oxygen atoms in total. The highest BCUT2D eigenvalue weighted by Gasteiger charge is 2.48. The van der Waals surface area contributed by atoms with Crippen molar-refractivity contribution >= 4 is 5.78 Å². The Kier molecular flexibility index (Phi) is 6.98. The predicted molar refractivity (Wildman–Crippen MR) is 109 cm³/mol. The second kappa shape index (κ2) is 9.00. The highest BCUT2D eigenvalue weighted by Crippen LogP contribution is 2.42. The van der Waals surface area contributed by atoms with Gasteiger partial charge in [0.25, 0.3) is 0 Å². The zero-order chi connectivity index (χ0) is 19.2. The quantitative estimate of drug-likeness (QED) is 0.509. The smallest absolute Gasteiger partial charge is 0.170 e. The van der Waals surface area contributed by atoms with E-state index in [0.29, 0.717) is 17.8 Å². The molecule has 2 rings (SSSR count). The number of piperidine rings is 1. The molecule has 0 N–H and O–H groups in total. The molecule has 2 aliphatic heterocycles. The first-order valence-electron chi connectivity index (χ1n) is 9.39. The molecule has 2 heterocycles. The van der Waals surface area contributed by atoms with Gasteiger partial charge < -0.3 is 4.74 Å². The molecule has 2 unspecified atom stereocenters. The van der Waals surface area contributed by atoms with Crippen LogP contribution in [0.15, 0.2) is 73.1 Å². The van der Waals surface area contributed by atoms with Crippen LogP contribution in [-0.4, -0.2) is 35.9 Å². The van der Waals surface area contributed by atoms with Crippen molar-refractivity contribution in [3.8, 4) is 0 Å². The molecule has 2 atom stereocenters. The minimum absolute atomic E-state index is 0.116. The van der Waals surface area contributed by atoms with Gasteiger partial charge in [0.2, 0.25) is 0 Å². The second-order valence-electron chi connectivity index (χ2n) is 7.19. The first-order valence-corrected chi connectivity index (χ1v) is 9.39. The summed E-state index contributed by atoms with van der Waals surface area (Å²) in [5.41, 5.74) is 1.54. The van der Waals surface area contributed by atoms with Crippen LogP contribution in [0.5, 0.6) is 0 Å². The van der Waals surface area contributed by atoms with Crippen LogP contribution in [-0.2, 0) is 9.53 Å². The average molecular weight is 354 g/mol. The molecule has 0 saturated carbocycles. The summed E-state index contributed by atoms with van der Waals surface area (Å²) in [6.45, 7) is 18.5. The van der Waals surface area contributed by atoms with E-state index in [-0.39, 0.29) is 11.7 Å². The van der Waals surface area contributed by atoms with Crippen LogP contribution in [0.4, 0.5) is 0 Å². The van der Waals surface area contributed by atoms with Gasteiger partial charge in [0.15, 0.2) is 5.78 Å². The number of nitrogens with zero attached hydrogens (tertiary/aromatic N) is 1. The lowest BCUT2D eigenvalue weighted by molar-refractivity contribution is -0.137. The van der Waals surface area contributed by atoms with E-state index in [1.807, 2.05) is 12.2 Å². The Morgan fingerprint density at radius 2 is 2.12 bits per heavy atom. The molecule has 2 fully saturated rings. The highest BCUT2D eigenvalue weighted by atomic mass is 16.5. The normalized spacial score (nSPS) is 29.4. The van der Waals surface area contributed by atoms with E-state index in [0.717, 1.165) is 32.5 Å². The number of hydrogen-bond acceptors (Lipinski definition) is 3. The Balaban J connectivity index is 2.05. The lowest BCUT2D eigenvalue weighted by Gasteiger charge is -2.49. The summed E-state index contributed by atoms with van der Waals surface area (Å²) < 4.78 is 6.23. The Labute approximate surface area is 158 Å². The van der Waals surface area contributed by atoms with Gasteiger partial charge in [-0.25, -0.2) is 0 Å². The average Bonchev–Trinajstić information content (AvgIpc) is 2.61. The molecule has 0 aromatic carbocycles. The molecule has 3 heteroatoms. The topological polar surface area (TPSA) is 29.5 Å². The molecule has 140 valence electrons. The lowest BCUT2D eigenvalue weighted by Crippen LogP contribution is -2.55. The Bertz CT molecular complexity index is 646. The molecule has 2 aliphatic rings. The van der Waals surface area contributed by atoms with Crippen LogP contribution in [0.25, 0.3) is 0 Å². The Hall–Kier alpha value is -2.13. The number of allylic oxidation sites excluding steroid dienone is 7. The number of Topliss-reactive ketones (excluding diaryl/α,β-unsaturated/α-hetero) is 1. The first-order chi connectivity index (χ1) is 12.5. The van der Waals surface area contributed by atoms with Crippen molar-refractivity contribution in [2.45, 2.75) is 38.7 Å². The van der Waals surface area contributed by atoms with Gasteiger partial charge in [0.1, 0.15) is 11.4 Å². The number of carbonyl (C=O) groups excluding carboxylic acids is 1. The van der Waals surface area contributed by atoms with Crippen LogP contribution in [0.3, 0.4) is 0 Å². The number of rotatable bonds is 6. The number of ketones is 1. The minimum Gasteiger partial charge on any atom is -0.486 e. The molecule has 1 spiro atoms. The van der Waals surface area contributed by atoms with Crippen LogP contribution in [0.1, 0.15) is 33.1 Å². The molecule has 0 aliphatic carbocycles. The number of likely N-dealkylation sites (tertiary alicyclic amines) is 1. The predicted octanol–water partition coefficient (Wildman–Crippen LogP) is 4.76. The van der Waals surface area contributed by atoms with Crippen molar-refractivity contribution in [1.82, 2.24) is 4.90 Å². The van der Waals surface area contributed by atoms with Crippen molar-refractivity contribution in [3.63, 3.8) is 0 Å². The molecule has 0 radical (unpaired) electrons. The standard InChI is InChI=1S/C23H31NO2/c1-6-9-10-12-20(8-3)17-24-14-13-23(18(4)16-24)15-22(25)21(11-7-2)19(5)26-23/h6-7,9-12,18H,1-2,5,8,13-17H2,3-4H3/b10-9-,20-12+,21-11+. The summed E-state index contributed by atoms with van der Waals surface area (Å²) in [5, 5.41) is 0. The van der Waals surface area contributed by atoms with Crippen molar-refractivity contribution in [2.24, 2.45) is 5.92 Å². The van der Waals surface area contributed by atoms with Crippen molar-refractivity contribution in [1.29, 1.82) is 0 Å². The zero-order valence-corrected chi connectivity index (χ0v) is 16.2. The van der Waals surface area contributed by atoms with Crippen LogP contribution in [0.2, 0.25) is 0 Å². The van der Waals surface area contributed by atoms with Crippen LogP contribution in [0, 0.1) is 5.92 Å². The molecule has 0 bridgehead atoms. The fourth-order valence-corrected chi connectivity index (χ4v) is 3.80. The molecular formula is C23H31NO2. The first kappa shape index (κ1) is 20.2. The monoisotopic (exact) mass is 353 g/mol. The maximum Gasteiger partial charge on any atom is 0.170 e. The Morgan fingerprint density at radius 1 is 1.35 bits per heavy atom.